The molecular formula is C20H27N3O. The lowest BCUT2D eigenvalue weighted by Crippen LogP contribution is -2.37. The highest BCUT2D eigenvalue weighted by atomic mass is 16.2. The van der Waals surface area contributed by atoms with Crippen LogP contribution in [0.25, 0.3) is 0 Å². The standard InChI is InChI=1S/C20H27N3O/c1-23(2)19-12-10-18(11-13-19)14-16-22-20(24)21-15-6-9-17-7-4-3-5-8-17/h3-5,7-8,10-13H,6,9,14-16H2,1-2H3,(H2,21,22,24). The number of benzene rings is 2. The number of hydrogen-bond acceptors (Lipinski definition) is 2. The van der Waals surface area contributed by atoms with Gasteiger partial charge in [-0.05, 0) is 42.5 Å². The van der Waals surface area contributed by atoms with Gasteiger partial charge in [-0.2, -0.15) is 0 Å². The van der Waals surface area contributed by atoms with Gasteiger partial charge in [-0.1, -0.05) is 42.5 Å². The Bertz CT molecular complexity index is 609. The summed E-state index contributed by atoms with van der Waals surface area (Å²) in [6, 6.07) is 18.6. The zero-order chi connectivity index (χ0) is 17.2. The topological polar surface area (TPSA) is 44.4 Å². The maximum Gasteiger partial charge on any atom is 0.314 e. The number of anilines is 1. The maximum atomic E-state index is 11.8. The lowest BCUT2D eigenvalue weighted by atomic mass is 10.1. The lowest BCUT2D eigenvalue weighted by molar-refractivity contribution is 0.241. The van der Waals surface area contributed by atoms with E-state index in [-0.39, 0.29) is 6.03 Å². The Labute approximate surface area is 144 Å². The van der Waals surface area contributed by atoms with Gasteiger partial charge in [0.05, 0.1) is 0 Å². The van der Waals surface area contributed by atoms with E-state index in [1.54, 1.807) is 0 Å². The quantitative estimate of drug-likeness (QED) is 0.732. The van der Waals surface area contributed by atoms with Crippen molar-refractivity contribution in [3.05, 3.63) is 65.7 Å². The third-order valence-corrected chi connectivity index (χ3v) is 3.92. The number of amides is 2. The van der Waals surface area contributed by atoms with Gasteiger partial charge in [-0.15, -0.1) is 0 Å². The first-order valence-corrected chi connectivity index (χ1v) is 8.47. The molecule has 4 nitrogen and oxygen atoms in total. The fraction of sp³-hybridized carbons (Fsp3) is 0.350. The van der Waals surface area contributed by atoms with E-state index in [9.17, 15) is 4.79 Å². The molecule has 0 atom stereocenters. The van der Waals surface area contributed by atoms with Gasteiger partial charge in [0.1, 0.15) is 0 Å². The van der Waals surface area contributed by atoms with Gasteiger partial charge < -0.3 is 15.5 Å². The second kappa shape index (κ2) is 9.60. The average molecular weight is 325 g/mol. The third kappa shape index (κ3) is 6.32. The molecule has 0 fully saturated rings. The molecule has 0 aliphatic rings. The van der Waals surface area contributed by atoms with Gasteiger partial charge in [0, 0.05) is 32.9 Å². The Hall–Kier alpha value is -2.49. The van der Waals surface area contributed by atoms with Crippen molar-refractivity contribution in [3.8, 4) is 0 Å². The van der Waals surface area contributed by atoms with Crippen LogP contribution in [0, 0.1) is 0 Å². The minimum Gasteiger partial charge on any atom is -0.378 e. The SMILES string of the molecule is CN(C)c1ccc(CCNC(=O)NCCCc2ccccc2)cc1. The summed E-state index contributed by atoms with van der Waals surface area (Å²) in [7, 11) is 4.05. The molecule has 0 aliphatic carbocycles. The Morgan fingerprint density at radius 3 is 2.12 bits per heavy atom. The molecule has 0 saturated carbocycles. The van der Waals surface area contributed by atoms with Crippen molar-refractivity contribution in [3.63, 3.8) is 0 Å². The van der Waals surface area contributed by atoms with Crippen molar-refractivity contribution in [1.82, 2.24) is 10.6 Å². The minimum atomic E-state index is -0.0898. The largest absolute Gasteiger partial charge is 0.378 e. The summed E-state index contributed by atoms with van der Waals surface area (Å²) >= 11 is 0. The first-order valence-electron chi connectivity index (χ1n) is 8.47. The number of hydrogen-bond donors (Lipinski definition) is 2. The zero-order valence-corrected chi connectivity index (χ0v) is 14.6. The van der Waals surface area contributed by atoms with Gasteiger partial charge in [-0.3, -0.25) is 0 Å². The van der Waals surface area contributed by atoms with Gasteiger partial charge in [0.15, 0.2) is 0 Å². The van der Waals surface area contributed by atoms with E-state index >= 15 is 0 Å². The Morgan fingerprint density at radius 1 is 0.833 bits per heavy atom. The monoisotopic (exact) mass is 325 g/mol. The molecule has 2 aromatic carbocycles. The highest BCUT2D eigenvalue weighted by molar-refractivity contribution is 5.73. The number of aryl methyl sites for hydroxylation is 1. The molecule has 2 aromatic rings. The third-order valence-electron chi connectivity index (χ3n) is 3.92. The number of nitrogens with zero attached hydrogens (tertiary/aromatic N) is 1. The van der Waals surface area contributed by atoms with Gasteiger partial charge in [-0.25, -0.2) is 4.79 Å². The van der Waals surface area contributed by atoms with E-state index in [0.29, 0.717) is 13.1 Å². The van der Waals surface area contributed by atoms with Gasteiger partial charge in [0.2, 0.25) is 0 Å². The molecule has 2 amide bonds. The van der Waals surface area contributed by atoms with Crippen LogP contribution in [-0.4, -0.2) is 33.2 Å². The molecule has 0 aliphatic heterocycles. The molecule has 0 bridgehead atoms. The summed E-state index contributed by atoms with van der Waals surface area (Å²) in [6.45, 7) is 1.34. The first kappa shape index (κ1) is 17.9. The first-order chi connectivity index (χ1) is 11.6. The molecule has 0 heterocycles. The molecule has 2 N–H and O–H groups in total. The van der Waals surface area contributed by atoms with E-state index in [0.717, 1.165) is 19.3 Å². The summed E-state index contributed by atoms with van der Waals surface area (Å²) < 4.78 is 0. The van der Waals surface area contributed by atoms with E-state index in [1.165, 1.54) is 16.8 Å². The van der Waals surface area contributed by atoms with Gasteiger partial charge in [0.25, 0.3) is 0 Å². The summed E-state index contributed by atoms with van der Waals surface area (Å²) in [4.78, 5) is 13.8. The Morgan fingerprint density at radius 2 is 1.46 bits per heavy atom. The summed E-state index contributed by atoms with van der Waals surface area (Å²) in [6.07, 6.45) is 2.77. The number of carbonyl (C=O) groups is 1. The number of carbonyl (C=O) groups excluding carboxylic acids is 1. The smallest absolute Gasteiger partial charge is 0.314 e. The van der Waals surface area contributed by atoms with E-state index < -0.39 is 0 Å². The second-order valence-corrected chi connectivity index (χ2v) is 6.08. The normalized spacial score (nSPS) is 10.2. The predicted molar refractivity (Wildman–Crippen MR) is 101 cm³/mol. The molecule has 0 spiro atoms. The van der Waals surface area contributed by atoms with Crippen molar-refractivity contribution in [2.24, 2.45) is 0 Å². The van der Waals surface area contributed by atoms with E-state index in [4.69, 9.17) is 0 Å². The molecule has 0 unspecified atom stereocenters. The fourth-order valence-corrected chi connectivity index (χ4v) is 2.48. The lowest BCUT2D eigenvalue weighted by Gasteiger charge is -2.13. The fourth-order valence-electron chi connectivity index (χ4n) is 2.48. The van der Waals surface area contributed by atoms with Crippen LogP contribution in [-0.2, 0) is 12.8 Å². The van der Waals surface area contributed by atoms with Crippen LogP contribution in [0.1, 0.15) is 17.5 Å². The highest BCUT2D eigenvalue weighted by Crippen LogP contribution is 2.12. The summed E-state index contributed by atoms with van der Waals surface area (Å²) in [5, 5.41) is 5.81. The molecule has 0 saturated heterocycles. The van der Waals surface area contributed by atoms with Crippen molar-refractivity contribution < 1.29 is 4.79 Å². The number of urea groups is 1. The molecule has 0 aromatic heterocycles. The average Bonchev–Trinajstić information content (AvgIpc) is 2.60. The van der Waals surface area contributed by atoms with Crippen LogP contribution in [0.3, 0.4) is 0 Å². The van der Waals surface area contributed by atoms with Crippen LogP contribution in [0.5, 0.6) is 0 Å². The molecular weight excluding hydrogens is 298 g/mol. The van der Waals surface area contributed by atoms with Crippen LogP contribution < -0.4 is 15.5 Å². The van der Waals surface area contributed by atoms with E-state index in [1.807, 2.05) is 32.3 Å². The van der Waals surface area contributed by atoms with E-state index in [2.05, 4.69) is 51.9 Å². The van der Waals surface area contributed by atoms with Crippen molar-refractivity contribution >= 4 is 11.7 Å². The molecule has 2 rings (SSSR count). The second-order valence-electron chi connectivity index (χ2n) is 6.08. The number of rotatable bonds is 8. The highest BCUT2D eigenvalue weighted by Gasteiger charge is 2.01. The summed E-state index contributed by atoms with van der Waals surface area (Å²) in [5.74, 6) is 0. The number of nitrogens with one attached hydrogen (secondary N) is 2. The molecule has 24 heavy (non-hydrogen) atoms. The van der Waals surface area contributed by atoms with Crippen molar-refractivity contribution in [1.29, 1.82) is 0 Å². The summed E-state index contributed by atoms with van der Waals surface area (Å²) in [5.41, 5.74) is 3.72. The molecule has 0 radical (unpaired) electrons. The Balaban J connectivity index is 1.58. The van der Waals surface area contributed by atoms with Crippen LogP contribution >= 0.6 is 0 Å². The van der Waals surface area contributed by atoms with Crippen molar-refractivity contribution in [2.75, 3.05) is 32.1 Å². The van der Waals surface area contributed by atoms with Crippen LogP contribution in [0.15, 0.2) is 54.6 Å². The Kier molecular flexibility index (Phi) is 7.15. The maximum absolute atomic E-state index is 11.8. The van der Waals surface area contributed by atoms with Crippen LogP contribution in [0.4, 0.5) is 10.5 Å². The molecule has 128 valence electrons. The predicted octanol–water partition coefficient (Wildman–Crippen LogP) is 3.23. The van der Waals surface area contributed by atoms with Crippen molar-refractivity contribution in [2.45, 2.75) is 19.3 Å². The van der Waals surface area contributed by atoms with Gasteiger partial charge >= 0.3 is 6.03 Å². The molecule has 4 heteroatoms. The minimum absolute atomic E-state index is 0.0898. The zero-order valence-electron chi connectivity index (χ0n) is 14.6. The van der Waals surface area contributed by atoms with Crippen LogP contribution in [0.2, 0.25) is 0 Å².